The lowest BCUT2D eigenvalue weighted by atomic mass is 10.0. The number of imidazole rings is 1. The summed E-state index contributed by atoms with van der Waals surface area (Å²) in [5.41, 5.74) is 2.56. The molecule has 2 heterocycles. The molecule has 0 spiro atoms. The maximum absolute atomic E-state index is 14.5. The van der Waals surface area contributed by atoms with Crippen LogP contribution in [0.3, 0.4) is 0 Å². The number of hydrogen-bond donors (Lipinski definition) is 1. The van der Waals surface area contributed by atoms with E-state index in [0.717, 1.165) is 30.2 Å². The molecule has 1 aromatic carbocycles. The molecule has 1 N–H and O–H groups in total. The third-order valence-corrected chi connectivity index (χ3v) is 5.25. The van der Waals surface area contributed by atoms with Crippen LogP contribution in [0.15, 0.2) is 61.7 Å². The molecule has 0 aliphatic heterocycles. The van der Waals surface area contributed by atoms with E-state index < -0.39 is 17.3 Å². The van der Waals surface area contributed by atoms with Crippen molar-refractivity contribution in [3.05, 3.63) is 79.0 Å². The highest BCUT2D eigenvalue weighted by molar-refractivity contribution is 5.57. The summed E-state index contributed by atoms with van der Waals surface area (Å²) in [7, 11) is 0. The van der Waals surface area contributed by atoms with Crippen LogP contribution in [-0.4, -0.2) is 4.98 Å². The van der Waals surface area contributed by atoms with Crippen molar-refractivity contribution in [2.75, 3.05) is 0 Å². The van der Waals surface area contributed by atoms with Crippen LogP contribution in [-0.2, 0) is 5.66 Å². The molecule has 0 aliphatic rings. The molecule has 1 atom stereocenters. The molecule has 0 radical (unpaired) electrons. The average Bonchev–Trinajstić information content (AvgIpc) is 3.24. The first-order chi connectivity index (χ1) is 13.9. The van der Waals surface area contributed by atoms with Gasteiger partial charge < -0.3 is 0 Å². The Kier molecular flexibility index (Phi) is 7.43. The lowest BCUT2D eigenvalue weighted by Crippen LogP contribution is -2.72. The highest BCUT2D eigenvalue weighted by atomic mass is 19.1. The first-order valence-electron chi connectivity index (χ1n) is 10.2. The van der Waals surface area contributed by atoms with Crippen LogP contribution in [0, 0.1) is 11.6 Å². The van der Waals surface area contributed by atoms with Crippen molar-refractivity contribution in [1.82, 2.24) is 4.98 Å². The van der Waals surface area contributed by atoms with Crippen LogP contribution in [0.25, 0.3) is 16.8 Å². The first-order valence-corrected chi connectivity index (χ1v) is 10.2. The molecule has 0 amide bonds. The second-order valence-corrected chi connectivity index (χ2v) is 6.80. The van der Waals surface area contributed by atoms with Gasteiger partial charge in [-0.25, -0.2) is 13.8 Å². The van der Waals surface area contributed by atoms with Gasteiger partial charge in [0.1, 0.15) is 17.8 Å². The quantitative estimate of drug-likeness (QED) is 0.521. The minimum Gasteiger partial charge on any atom is -0.249 e. The lowest BCUT2D eigenvalue weighted by Gasteiger charge is -2.23. The fourth-order valence-electron chi connectivity index (χ4n) is 3.42. The molecule has 0 unspecified atom stereocenters. The summed E-state index contributed by atoms with van der Waals surface area (Å²) in [5.74, 6) is -1.17. The Hall–Kier alpha value is -2.82. The summed E-state index contributed by atoms with van der Waals surface area (Å²) in [6.07, 6.45) is 7.16. The Bertz CT molecular complexity index is 978. The summed E-state index contributed by atoms with van der Waals surface area (Å²) >= 11 is 0. The number of benzene rings is 1. The second-order valence-electron chi connectivity index (χ2n) is 6.80. The van der Waals surface area contributed by atoms with Crippen LogP contribution in [0.4, 0.5) is 8.78 Å². The smallest absolute Gasteiger partial charge is 0.249 e. The summed E-state index contributed by atoms with van der Waals surface area (Å²) in [6.45, 7) is 14.5. The van der Waals surface area contributed by atoms with Gasteiger partial charge >= 0.3 is 5.66 Å². The Labute approximate surface area is 172 Å². The molecular formula is C24H31F2N3+2. The zero-order chi connectivity index (χ0) is 21.6. The molecule has 3 nitrogen and oxygen atoms in total. The molecule has 0 aliphatic carbocycles. The molecule has 2 aromatic heterocycles. The van der Waals surface area contributed by atoms with E-state index >= 15 is 0 Å². The third kappa shape index (κ3) is 4.29. The van der Waals surface area contributed by atoms with Gasteiger partial charge in [-0.3, -0.25) is 0 Å². The second kappa shape index (κ2) is 9.59. The highest BCUT2D eigenvalue weighted by Gasteiger charge is 2.43. The van der Waals surface area contributed by atoms with Gasteiger partial charge in [0, 0.05) is 30.7 Å². The predicted molar refractivity (Wildman–Crippen MR) is 113 cm³/mol. The standard InChI is InChI=1S/C22H24F2N3.C2H6/c1-5-16(3)20-9-7-8-12-26(20)22(4,6-2)27-15-25-14-21(27)18-11-10-17(23)13-19(18)24;1-2/h7-15H,3,5-6H2,1-2,4H3;1-2H3/q+1;/p+1/t22-;/m1./s1. The summed E-state index contributed by atoms with van der Waals surface area (Å²) < 4.78 is 32.0. The van der Waals surface area contributed by atoms with Crippen LogP contribution < -0.4 is 9.13 Å². The van der Waals surface area contributed by atoms with Crippen molar-refractivity contribution >= 4 is 5.57 Å². The Balaban J connectivity index is 0.00000145. The van der Waals surface area contributed by atoms with E-state index in [-0.39, 0.29) is 0 Å². The number of nitrogens with zero attached hydrogens (tertiary/aromatic N) is 2. The number of nitrogens with one attached hydrogen (secondary N) is 1. The zero-order valence-electron chi connectivity index (χ0n) is 18.0. The summed E-state index contributed by atoms with van der Waals surface area (Å²) in [5, 5.41) is 0. The number of aromatic amines is 1. The summed E-state index contributed by atoms with van der Waals surface area (Å²) in [4.78, 5) is 3.08. The van der Waals surface area contributed by atoms with Crippen LogP contribution in [0.5, 0.6) is 0 Å². The number of allylic oxidation sites excluding steroid dienone is 1. The topological polar surface area (TPSA) is 23.5 Å². The molecule has 0 saturated heterocycles. The van der Waals surface area contributed by atoms with Crippen molar-refractivity contribution in [3.8, 4) is 11.3 Å². The third-order valence-electron chi connectivity index (χ3n) is 5.25. The zero-order valence-corrected chi connectivity index (χ0v) is 18.0. The molecule has 3 rings (SSSR count). The maximum Gasteiger partial charge on any atom is 0.305 e. The van der Waals surface area contributed by atoms with E-state index in [2.05, 4.69) is 36.9 Å². The van der Waals surface area contributed by atoms with Crippen molar-refractivity contribution < 1.29 is 17.9 Å². The van der Waals surface area contributed by atoms with E-state index in [9.17, 15) is 8.78 Å². The van der Waals surface area contributed by atoms with Crippen molar-refractivity contribution in [2.24, 2.45) is 0 Å². The number of H-pyrrole nitrogens is 1. The van der Waals surface area contributed by atoms with Crippen molar-refractivity contribution in [3.63, 3.8) is 0 Å². The Morgan fingerprint density at radius 2 is 1.83 bits per heavy atom. The molecule has 3 aromatic rings. The highest BCUT2D eigenvalue weighted by Crippen LogP contribution is 2.24. The first kappa shape index (κ1) is 22.5. The number of rotatable bonds is 6. The molecule has 0 bridgehead atoms. The van der Waals surface area contributed by atoms with Gasteiger partial charge in [0.2, 0.25) is 12.0 Å². The van der Waals surface area contributed by atoms with Crippen LogP contribution in [0.2, 0.25) is 0 Å². The van der Waals surface area contributed by atoms with Gasteiger partial charge in [-0.2, -0.15) is 9.13 Å². The molecule has 29 heavy (non-hydrogen) atoms. The monoisotopic (exact) mass is 399 g/mol. The summed E-state index contributed by atoms with van der Waals surface area (Å²) in [6, 6.07) is 9.68. The van der Waals surface area contributed by atoms with Gasteiger partial charge in [-0.1, -0.05) is 34.3 Å². The maximum atomic E-state index is 14.5. The minimum atomic E-state index is -0.587. The molecule has 5 heteroatoms. The van der Waals surface area contributed by atoms with Gasteiger partial charge in [0.25, 0.3) is 0 Å². The Morgan fingerprint density at radius 1 is 1.10 bits per heavy atom. The average molecular weight is 400 g/mol. The van der Waals surface area contributed by atoms with E-state index in [0.29, 0.717) is 11.3 Å². The fourth-order valence-corrected chi connectivity index (χ4v) is 3.42. The lowest BCUT2D eigenvalue weighted by molar-refractivity contribution is -0.987. The number of pyridine rings is 1. The van der Waals surface area contributed by atoms with Gasteiger partial charge in [-0.05, 0) is 24.6 Å². The molecule has 0 fully saturated rings. The van der Waals surface area contributed by atoms with Gasteiger partial charge in [0.05, 0.1) is 12.0 Å². The molecule has 0 saturated carbocycles. The van der Waals surface area contributed by atoms with E-state index in [1.54, 1.807) is 6.20 Å². The molecule has 154 valence electrons. The molecular weight excluding hydrogens is 368 g/mol. The van der Waals surface area contributed by atoms with E-state index in [4.69, 9.17) is 0 Å². The van der Waals surface area contributed by atoms with E-state index in [1.165, 1.54) is 12.1 Å². The van der Waals surface area contributed by atoms with Crippen LogP contribution >= 0.6 is 0 Å². The van der Waals surface area contributed by atoms with Gasteiger partial charge in [-0.15, -0.1) is 0 Å². The largest absolute Gasteiger partial charge is 0.305 e. The van der Waals surface area contributed by atoms with Gasteiger partial charge in [0.15, 0.2) is 11.9 Å². The fraction of sp³-hybridized carbons (Fsp3) is 0.333. The van der Waals surface area contributed by atoms with Crippen LogP contribution in [0.1, 0.15) is 53.2 Å². The SMILES string of the molecule is C=C(CC)c1cccc[n+]1[C@@](C)(CC)[n+]1c[nH]cc1-c1ccc(F)cc1F.CC. The normalized spacial score (nSPS) is 12.7. The van der Waals surface area contributed by atoms with Crippen molar-refractivity contribution in [1.29, 1.82) is 0 Å². The van der Waals surface area contributed by atoms with E-state index in [1.807, 2.05) is 49.1 Å². The number of aromatic nitrogens is 3. The van der Waals surface area contributed by atoms with Crippen molar-refractivity contribution in [2.45, 2.75) is 53.1 Å². The predicted octanol–water partition coefficient (Wildman–Crippen LogP) is 5.62. The Morgan fingerprint density at radius 3 is 2.45 bits per heavy atom. The minimum absolute atomic E-state index is 0.352. The number of halogens is 2. The number of hydrogen-bond acceptors (Lipinski definition) is 0.